The van der Waals surface area contributed by atoms with Gasteiger partial charge in [-0.2, -0.15) is 0 Å². The number of benzene rings is 1. The summed E-state index contributed by atoms with van der Waals surface area (Å²) in [4.78, 5) is 64.5. The monoisotopic (exact) mass is 532 g/mol. The smallest absolute Gasteiger partial charge is 0.326 e. The highest BCUT2D eigenvalue weighted by molar-refractivity contribution is 5.95. The van der Waals surface area contributed by atoms with Crippen molar-refractivity contribution in [3.63, 3.8) is 0 Å². The number of hydrogen-bond acceptors (Lipinski definition) is 7. The number of nitrogens with one attached hydrogen (secondary N) is 4. The number of carbonyl (C=O) groups excluding carboxylic acids is 4. The molecule has 0 aliphatic rings. The summed E-state index contributed by atoms with van der Waals surface area (Å²) >= 11 is 0. The highest BCUT2D eigenvalue weighted by Crippen LogP contribution is 2.19. The molecule has 38 heavy (non-hydrogen) atoms. The van der Waals surface area contributed by atoms with E-state index in [1.54, 1.807) is 20.0 Å². The molecule has 0 aliphatic heterocycles. The summed E-state index contributed by atoms with van der Waals surface area (Å²) in [6, 6.07) is 2.20. The fourth-order valence-electron chi connectivity index (χ4n) is 3.90. The molecule has 0 saturated heterocycles. The number of amides is 4. The van der Waals surface area contributed by atoms with Gasteiger partial charge in [-0.1, -0.05) is 38.5 Å². The number of aliphatic carboxylic acids is 1. The Kier molecular flexibility index (Phi) is 10.8. The summed E-state index contributed by atoms with van der Waals surface area (Å²) in [5.41, 5.74) is 12.8. The van der Waals surface area contributed by atoms with Crippen molar-refractivity contribution < 1.29 is 34.2 Å². The van der Waals surface area contributed by atoms with Crippen LogP contribution in [0.5, 0.6) is 0 Å². The van der Waals surface area contributed by atoms with Gasteiger partial charge in [0.25, 0.3) is 0 Å². The highest BCUT2D eigenvalue weighted by atomic mass is 16.4. The number of aromatic nitrogens is 1. The van der Waals surface area contributed by atoms with E-state index in [1.165, 1.54) is 6.92 Å². The molecule has 13 heteroatoms. The van der Waals surface area contributed by atoms with Gasteiger partial charge in [0.1, 0.15) is 18.1 Å². The molecule has 0 aliphatic carbocycles. The van der Waals surface area contributed by atoms with E-state index >= 15 is 0 Å². The lowest BCUT2D eigenvalue weighted by atomic mass is 9.97. The van der Waals surface area contributed by atoms with Gasteiger partial charge in [0.2, 0.25) is 23.6 Å². The Bertz CT molecular complexity index is 1160. The van der Waals surface area contributed by atoms with Crippen LogP contribution in [0.2, 0.25) is 0 Å². The molecule has 4 amide bonds. The molecule has 0 radical (unpaired) electrons. The Morgan fingerprint density at radius 1 is 0.974 bits per heavy atom. The van der Waals surface area contributed by atoms with Crippen LogP contribution in [0, 0.1) is 5.92 Å². The lowest BCUT2D eigenvalue weighted by Crippen LogP contribution is -2.61. The van der Waals surface area contributed by atoms with Crippen LogP contribution in [0.4, 0.5) is 0 Å². The molecule has 2 aromatic rings. The Labute approximate surface area is 219 Å². The van der Waals surface area contributed by atoms with Crippen LogP contribution in [0.15, 0.2) is 30.5 Å². The largest absolute Gasteiger partial charge is 0.480 e. The number of aromatic amines is 1. The number of carbonyl (C=O) groups is 5. The molecular weight excluding hydrogens is 496 g/mol. The molecule has 10 N–H and O–H groups in total. The van der Waals surface area contributed by atoms with E-state index in [1.807, 2.05) is 24.3 Å². The molecule has 1 aromatic carbocycles. The van der Waals surface area contributed by atoms with E-state index in [0.29, 0.717) is 6.42 Å². The van der Waals surface area contributed by atoms with E-state index in [0.717, 1.165) is 16.5 Å². The average Bonchev–Trinajstić information content (AvgIpc) is 3.26. The second kappa shape index (κ2) is 13.5. The molecule has 0 fully saturated rings. The second-order valence-corrected chi connectivity index (χ2v) is 9.34. The van der Waals surface area contributed by atoms with Crippen molar-refractivity contribution in [1.29, 1.82) is 0 Å². The molecule has 0 bridgehead atoms. The van der Waals surface area contributed by atoms with Crippen LogP contribution >= 0.6 is 0 Å². The topological polar surface area (TPSA) is 230 Å². The Morgan fingerprint density at radius 3 is 2.16 bits per heavy atom. The first kappa shape index (κ1) is 30.3. The van der Waals surface area contributed by atoms with Crippen LogP contribution in [-0.2, 0) is 30.4 Å². The van der Waals surface area contributed by atoms with Crippen molar-refractivity contribution in [1.82, 2.24) is 20.9 Å². The third-order valence-electron chi connectivity index (χ3n) is 6.33. The first-order valence-corrected chi connectivity index (χ1v) is 12.3. The average molecular weight is 533 g/mol. The summed E-state index contributed by atoms with van der Waals surface area (Å²) in [5.74, 6) is -5.26. The number of rotatable bonds is 14. The number of primary amides is 1. The quantitative estimate of drug-likeness (QED) is 0.148. The number of carboxylic acids is 1. The first-order chi connectivity index (χ1) is 17.8. The van der Waals surface area contributed by atoms with Crippen molar-refractivity contribution in [3.05, 3.63) is 36.0 Å². The number of H-pyrrole nitrogens is 1. The minimum absolute atomic E-state index is 0.165. The fourth-order valence-corrected chi connectivity index (χ4v) is 3.90. The number of fused-ring (bicyclic) bond motifs is 1. The van der Waals surface area contributed by atoms with Crippen LogP contribution in [0.1, 0.15) is 39.2 Å². The predicted molar refractivity (Wildman–Crippen MR) is 138 cm³/mol. The highest BCUT2D eigenvalue weighted by Gasteiger charge is 2.34. The number of aliphatic hydroxyl groups excluding tert-OH is 1. The van der Waals surface area contributed by atoms with Gasteiger partial charge in [0.05, 0.1) is 18.6 Å². The molecule has 1 aromatic heterocycles. The molecular formula is C25H36N6O7. The molecule has 2 rings (SSSR count). The summed E-state index contributed by atoms with van der Waals surface area (Å²) in [5, 5.41) is 27.5. The van der Waals surface area contributed by atoms with Crippen molar-refractivity contribution in [3.8, 4) is 0 Å². The molecule has 6 unspecified atom stereocenters. The first-order valence-electron chi connectivity index (χ1n) is 12.3. The van der Waals surface area contributed by atoms with Crippen LogP contribution in [-0.4, -0.2) is 75.1 Å². The minimum atomic E-state index is -1.58. The van der Waals surface area contributed by atoms with Crippen molar-refractivity contribution >= 4 is 40.5 Å². The number of nitrogens with two attached hydrogens (primary N) is 2. The van der Waals surface area contributed by atoms with Crippen molar-refractivity contribution in [2.75, 3.05) is 0 Å². The van der Waals surface area contributed by atoms with Gasteiger partial charge in [-0.3, -0.25) is 19.2 Å². The van der Waals surface area contributed by atoms with E-state index in [2.05, 4.69) is 20.9 Å². The molecule has 1 heterocycles. The second-order valence-electron chi connectivity index (χ2n) is 9.34. The van der Waals surface area contributed by atoms with Gasteiger partial charge in [-0.25, -0.2) is 4.79 Å². The molecule has 0 saturated carbocycles. The third-order valence-corrected chi connectivity index (χ3v) is 6.33. The normalized spacial score (nSPS) is 15.9. The zero-order chi connectivity index (χ0) is 28.6. The summed E-state index contributed by atoms with van der Waals surface area (Å²) in [6.07, 6.45) is 0.352. The van der Waals surface area contributed by atoms with Gasteiger partial charge < -0.3 is 42.6 Å². The van der Waals surface area contributed by atoms with Crippen molar-refractivity contribution in [2.24, 2.45) is 17.4 Å². The number of carboxylic acid groups (broad SMARTS) is 1. The van der Waals surface area contributed by atoms with Gasteiger partial charge in [0, 0.05) is 17.1 Å². The maximum atomic E-state index is 13.1. The predicted octanol–water partition coefficient (Wildman–Crippen LogP) is -1.12. The van der Waals surface area contributed by atoms with Gasteiger partial charge in [0.15, 0.2) is 0 Å². The lowest BCUT2D eigenvalue weighted by Gasteiger charge is -2.28. The minimum Gasteiger partial charge on any atom is -0.480 e. The maximum absolute atomic E-state index is 13.1. The van der Waals surface area contributed by atoms with Crippen LogP contribution in [0.25, 0.3) is 10.9 Å². The Balaban J connectivity index is 2.12. The molecule has 13 nitrogen and oxygen atoms in total. The van der Waals surface area contributed by atoms with Gasteiger partial charge in [-0.05, 0) is 30.9 Å². The Morgan fingerprint density at radius 2 is 1.58 bits per heavy atom. The Hall–Kier alpha value is -3.97. The van der Waals surface area contributed by atoms with E-state index < -0.39 is 72.2 Å². The van der Waals surface area contributed by atoms with Crippen LogP contribution < -0.4 is 27.4 Å². The summed E-state index contributed by atoms with van der Waals surface area (Å²) in [6.45, 7) is 4.70. The molecule has 0 spiro atoms. The maximum Gasteiger partial charge on any atom is 0.326 e. The molecule has 208 valence electrons. The van der Waals surface area contributed by atoms with E-state index in [-0.39, 0.29) is 6.42 Å². The standard InChI is InChI=1S/C25H36N6O7/c1-4-12(2)20(23(35)29-18(25(37)38)10-19(27)33)30-24(36)21(13(3)32)31-22(34)16(26)9-14-11-28-17-8-6-5-7-15(14)17/h5-8,11-13,16,18,20-21,28,32H,4,9-10,26H2,1-3H3,(H2,27,33)(H,29,35)(H,30,36)(H,31,34)(H,37,38). The fraction of sp³-hybridized carbons (Fsp3) is 0.480. The zero-order valence-corrected chi connectivity index (χ0v) is 21.6. The molecule has 6 atom stereocenters. The number of aliphatic hydroxyl groups is 1. The van der Waals surface area contributed by atoms with E-state index in [9.17, 15) is 34.2 Å². The summed E-state index contributed by atoms with van der Waals surface area (Å²) in [7, 11) is 0. The van der Waals surface area contributed by atoms with E-state index in [4.69, 9.17) is 11.5 Å². The lowest BCUT2D eigenvalue weighted by molar-refractivity contribution is -0.144. The summed E-state index contributed by atoms with van der Waals surface area (Å²) < 4.78 is 0. The van der Waals surface area contributed by atoms with Crippen LogP contribution in [0.3, 0.4) is 0 Å². The number of hydrogen-bond donors (Lipinski definition) is 8. The van der Waals surface area contributed by atoms with Gasteiger partial charge >= 0.3 is 5.97 Å². The van der Waals surface area contributed by atoms with Crippen molar-refractivity contribution in [2.45, 2.75) is 70.3 Å². The SMILES string of the molecule is CCC(C)C(NC(=O)C(NC(=O)C(N)Cc1c[nH]c2ccccc12)C(C)O)C(=O)NC(CC(N)=O)C(=O)O. The van der Waals surface area contributed by atoms with Gasteiger partial charge in [-0.15, -0.1) is 0 Å². The zero-order valence-electron chi connectivity index (χ0n) is 21.6. The number of para-hydroxylation sites is 1. The third kappa shape index (κ3) is 8.02.